The molecule has 4 nitrogen and oxygen atoms in total. The van der Waals surface area contributed by atoms with Gasteiger partial charge >= 0.3 is 0 Å². The van der Waals surface area contributed by atoms with Crippen molar-refractivity contribution in [3.63, 3.8) is 0 Å². The highest BCUT2D eigenvalue weighted by atomic mass is 35.5. The van der Waals surface area contributed by atoms with Gasteiger partial charge in [-0.3, -0.25) is 4.79 Å². The van der Waals surface area contributed by atoms with E-state index in [2.05, 4.69) is 0 Å². The fourth-order valence-electron chi connectivity index (χ4n) is 2.88. The zero-order valence-electron chi connectivity index (χ0n) is 11.9. The molecule has 21 heavy (non-hydrogen) atoms. The molecule has 1 aromatic heterocycles. The number of methoxy groups -OCH3 is 1. The molecule has 108 valence electrons. The van der Waals surface area contributed by atoms with Gasteiger partial charge in [-0.1, -0.05) is 11.6 Å². The van der Waals surface area contributed by atoms with Gasteiger partial charge in [-0.15, -0.1) is 0 Å². The van der Waals surface area contributed by atoms with Crippen LogP contribution in [0.5, 0.6) is 11.5 Å². The van der Waals surface area contributed by atoms with Crippen LogP contribution in [0.15, 0.2) is 29.1 Å². The molecule has 0 spiro atoms. The molecule has 0 unspecified atom stereocenters. The molecular weight excluding hydrogens is 290 g/mol. The Balaban J connectivity index is 2.66. The fourth-order valence-corrected chi connectivity index (χ4v) is 3.04. The van der Waals surface area contributed by atoms with Crippen LogP contribution in [0, 0.1) is 6.92 Å². The smallest absolute Gasteiger partial charge is 0.197 e. The molecule has 1 heterocycles. The SMILES string of the molecule is COc1c(O)cc2c(=O)c3ccc(Cl)cc3n(C)c2c1C. The van der Waals surface area contributed by atoms with E-state index in [0.29, 0.717) is 27.1 Å². The zero-order chi connectivity index (χ0) is 15.3. The first-order valence-corrected chi connectivity index (χ1v) is 6.82. The summed E-state index contributed by atoms with van der Waals surface area (Å²) in [6, 6.07) is 6.61. The predicted molar refractivity (Wildman–Crippen MR) is 84.7 cm³/mol. The maximum Gasteiger partial charge on any atom is 0.197 e. The maximum atomic E-state index is 12.6. The topological polar surface area (TPSA) is 51.5 Å². The second-order valence-corrected chi connectivity index (χ2v) is 5.44. The Labute approximate surface area is 126 Å². The Morgan fingerprint density at radius 1 is 1.24 bits per heavy atom. The van der Waals surface area contributed by atoms with Gasteiger partial charge in [0.25, 0.3) is 0 Å². The lowest BCUT2D eigenvalue weighted by Gasteiger charge is -2.16. The number of ether oxygens (including phenoxy) is 1. The number of aromatic hydroxyl groups is 1. The molecule has 3 aromatic rings. The van der Waals surface area contributed by atoms with Crippen LogP contribution < -0.4 is 10.2 Å². The summed E-state index contributed by atoms with van der Waals surface area (Å²) in [4.78, 5) is 12.6. The van der Waals surface area contributed by atoms with Crippen LogP contribution >= 0.6 is 11.6 Å². The van der Waals surface area contributed by atoms with Gasteiger partial charge in [0.2, 0.25) is 0 Å². The summed E-state index contributed by atoms with van der Waals surface area (Å²) >= 11 is 6.04. The van der Waals surface area contributed by atoms with E-state index in [1.54, 1.807) is 18.2 Å². The quantitative estimate of drug-likeness (QED) is 0.701. The van der Waals surface area contributed by atoms with E-state index in [1.165, 1.54) is 13.2 Å². The molecule has 0 bridgehead atoms. The molecule has 0 aliphatic heterocycles. The lowest BCUT2D eigenvalue weighted by atomic mass is 10.0. The van der Waals surface area contributed by atoms with Crippen molar-refractivity contribution in [2.24, 2.45) is 7.05 Å². The molecule has 2 aromatic carbocycles. The van der Waals surface area contributed by atoms with Gasteiger partial charge in [0, 0.05) is 23.0 Å². The number of phenolic OH excluding ortho intramolecular Hbond substituents is 1. The van der Waals surface area contributed by atoms with Gasteiger partial charge < -0.3 is 14.4 Å². The van der Waals surface area contributed by atoms with Gasteiger partial charge in [0.15, 0.2) is 16.9 Å². The van der Waals surface area contributed by atoms with Gasteiger partial charge in [0.05, 0.1) is 23.5 Å². The van der Waals surface area contributed by atoms with E-state index in [-0.39, 0.29) is 11.2 Å². The summed E-state index contributed by atoms with van der Waals surface area (Å²) in [5, 5.41) is 11.6. The zero-order valence-corrected chi connectivity index (χ0v) is 12.7. The maximum absolute atomic E-state index is 12.6. The fraction of sp³-hybridized carbons (Fsp3) is 0.188. The summed E-state index contributed by atoms with van der Waals surface area (Å²) in [5.74, 6) is 0.340. The van der Waals surface area contributed by atoms with Crippen molar-refractivity contribution in [1.29, 1.82) is 0 Å². The van der Waals surface area contributed by atoms with Crippen LogP contribution in [0.3, 0.4) is 0 Å². The minimum absolute atomic E-state index is 0.0343. The van der Waals surface area contributed by atoms with Gasteiger partial charge in [-0.25, -0.2) is 0 Å². The molecule has 0 fully saturated rings. The number of hydrogen-bond acceptors (Lipinski definition) is 3. The molecule has 0 atom stereocenters. The summed E-state index contributed by atoms with van der Waals surface area (Å²) in [7, 11) is 3.35. The first kappa shape index (κ1) is 13.8. The monoisotopic (exact) mass is 303 g/mol. The molecule has 0 aliphatic rings. The van der Waals surface area contributed by atoms with Crippen molar-refractivity contribution in [3.05, 3.63) is 45.1 Å². The lowest BCUT2D eigenvalue weighted by Crippen LogP contribution is -2.10. The van der Waals surface area contributed by atoms with E-state index in [4.69, 9.17) is 16.3 Å². The van der Waals surface area contributed by atoms with Crippen LogP contribution in [0.2, 0.25) is 5.02 Å². The third kappa shape index (κ3) is 1.87. The number of pyridine rings is 1. The molecule has 1 N–H and O–H groups in total. The second-order valence-electron chi connectivity index (χ2n) is 5.00. The van der Waals surface area contributed by atoms with Crippen molar-refractivity contribution < 1.29 is 9.84 Å². The molecule has 0 aliphatic carbocycles. The summed E-state index contributed by atoms with van der Waals surface area (Å²) in [6.45, 7) is 1.82. The van der Waals surface area contributed by atoms with E-state index in [0.717, 1.165) is 11.0 Å². The van der Waals surface area contributed by atoms with E-state index < -0.39 is 0 Å². The number of aromatic nitrogens is 1. The number of fused-ring (bicyclic) bond motifs is 2. The number of hydrogen-bond donors (Lipinski definition) is 1. The van der Waals surface area contributed by atoms with E-state index in [1.807, 2.05) is 18.5 Å². The minimum Gasteiger partial charge on any atom is -0.504 e. The average molecular weight is 304 g/mol. The lowest BCUT2D eigenvalue weighted by molar-refractivity contribution is 0.371. The van der Waals surface area contributed by atoms with Crippen LogP contribution in [0.4, 0.5) is 0 Å². The van der Waals surface area contributed by atoms with Gasteiger partial charge in [-0.05, 0) is 31.2 Å². The summed E-state index contributed by atoms with van der Waals surface area (Å²) in [5.41, 5.74) is 2.06. The number of aryl methyl sites for hydroxylation is 2. The Bertz CT molecular complexity index is 944. The number of rotatable bonds is 1. The Hall–Kier alpha value is -2.20. The van der Waals surface area contributed by atoms with Crippen molar-refractivity contribution in [3.8, 4) is 11.5 Å². The highest BCUT2D eigenvalue weighted by Crippen LogP contribution is 2.36. The number of halogens is 1. The van der Waals surface area contributed by atoms with E-state index in [9.17, 15) is 9.90 Å². The third-order valence-corrected chi connectivity index (χ3v) is 4.05. The molecule has 3 rings (SSSR count). The highest BCUT2D eigenvalue weighted by molar-refractivity contribution is 6.31. The molecule has 5 heteroatoms. The number of phenols is 1. The predicted octanol–water partition coefficient (Wildman–Crippen LogP) is 3.37. The molecule has 0 saturated heterocycles. The highest BCUT2D eigenvalue weighted by Gasteiger charge is 2.16. The minimum atomic E-state index is -0.129. The van der Waals surface area contributed by atoms with Crippen LogP contribution in [-0.4, -0.2) is 16.8 Å². The average Bonchev–Trinajstić information content (AvgIpc) is 2.44. The molecular formula is C16H14ClNO3. The van der Waals surface area contributed by atoms with Crippen LogP contribution in [-0.2, 0) is 7.05 Å². The van der Waals surface area contributed by atoms with Crippen molar-refractivity contribution in [2.75, 3.05) is 7.11 Å². The van der Waals surface area contributed by atoms with E-state index >= 15 is 0 Å². The van der Waals surface area contributed by atoms with Crippen molar-refractivity contribution >= 4 is 33.4 Å². The van der Waals surface area contributed by atoms with Gasteiger partial charge in [-0.2, -0.15) is 0 Å². The van der Waals surface area contributed by atoms with Crippen LogP contribution in [0.1, 0.15) is 5.56 Å². The third-order valence-electron chi connectivity index (χ3n) is 3.81. The van der Waals surface area contributed by atoms with Crippen molar-refractivity contribution in [2.45, 2.75) is 6.92 Å². The summed E-state index contributed by atoms with van der Waals surface area (Å²) < 4.78 is 7.12. The normalized spacial score (nSPS) is 11.2. The molecule has 0 saturated carbocycles. The summed E-state index contributed by atoms with van der Waals surface area (Å²) in [6.07, 6.45) is 0. The Morgan fingerprint density at radius 2 is 1.95 bits per heavy atom. The number of benzene rings is 2. The Morgan fingerprint density at radius 3 is 2.62 bits per heavy atom. The molecule has 0 radical (unpaired) electrons. The second kappa shape index (κ2) is 4.67. The molecule has 0 amide bonds. The first-order valence-electron chi connectivity index (χ1n) is 6.44. The first-order chi connectivity index (χ1) is 9.95. The standard InChI is InChI=1S/C16H14ClNO3/c1-8-14-11(7-13(19)16(8)21-3)15(20)10-5-4-9(17)6-12(10)18(14)2/h4-7,19H,1-3H3. The number of nitrogens with zero attached hydrogens (tertiary/aromatic N) is 1. The van der Waals surface area contributed by atoms with Crippen LogP contribution in [0.25, 0.3) is 21.8 Å². The van der Waals surface area contributed by atoms with Crippen molar-refractivity contribution in [1.82, 2.24) is 4.57 Å². The van der Waals surface area contributed by atoms with Gasteiger partial charge in [0.1, 0.15) is 0 Å². The Kier molecular flexibility index (Phi) is 3.06. The largest absolute Gasteiger partial charge is 0.504 e.